The number of nitrogens with zero attached hydrogens (tertiary/aromatic N) is 4. The molecule has 1 fully saturated rings. The molecule has 85 heavy (non-hydrogen) atoms. The van der Waals surface area contributed by atoms with Crippen LogP contribution in [-0.2, 0) is 49.6 Å². The van der Waals surface area contributed by atoms with E-state index in [1.54, 1.807) is 39.8 Å². The topological polar surface area (TPSA) is 491 Å². The van der Waals surface area contributed by atoms with Gasteiger partial charge < -0.3 is 74.0 Å². The van der Waals surface area contributed by atoms with Gasteiger partial charge in [0.25, 0.3) is 11.4 Å². The summed E-state index contributed by atoms with van der Waals surface area (Å²) < 4.78 is 42.3. The molecule has 1 unspecified atom stereocenters. The lowest BCUT2D eigenvalue weighted by Gasteiger charge is -2.29. The number of nitrogens with two attached hydrogens (primary N) is 4. The van der Waals surface area contributed by atoms with Crippen LogP contribution in [0.4, 0.5) is 24.5 Å². The number of ether oxygens (including phenoxy) is 1. The molecular formula is C51H69F3N14O17. The number of benzene rings is 2. The van der Waals surface area contributed by atoms with Crippen LogP contribution in [0, 0.1) is 32.1 Å². The lowest BCUT2D eigenvalue weighted by molar-refractivity contribution is -0.394. The maximum atomic E-state index is 14.2. The van der Waals surface area contributed by atoms with Gasteiger partial charge in [-0.05, 0) is 81.0 Å². The summed E-state index contributed by atoms with van der Waals surface area (Å²) in [6, 6.07) is -1.70. The summed E-state index contributed by atoms with van der Waals surface area (Å²) in [7, 11) is 1.45. The van der Waals surface area contributed by atoms with Crippen molar-refractivity contribution in [2.24, 2.45) is 39.8 Å². The zero-order valence-electron chi connectivity index (χ0n) is 47.0. The molecule has 15 N–H and O–H groups in total. The van der Waals surface area contributed by atoms with Gasteiger partial charge in [0.05, 0.1) is 47.6 Å². The van der Waals surface area contributed by atoms with E-state index in [9.17, 15) is 76.6 Å². The monoisotopic (exact) mass is 1210 g/mol. The summed E-state index contributed by atoms with van der Waals surface area (Å²) in [6.45, 7) is 7.81. The fraction of sp³-hybridized carbons (Fsp3) is 0.510. The van der Waals surface area contributed by atoms with E-state index in [0.717, 1.165) is 12.1 Å². The van der Waals surface area contributed by atoms with Gasteiger partial charge in [0.2, 0.25) is 47.3 Å². The van der Waals surface area contributed by atoms with Crippen LogP contribution in [0.1, 0.15) is 90.3 Å². The van der Waals surface area contributed by atoms with Crippen LogP contribution in [0.2, 0.25) is 0 Å². The van der Waals surface area contributed by atoms with E-state index in [-0.39, 0.29) is 75.0 Å². The van der Waals surface area contributed by atoms with Crippen LogP contribution in [0.15, 0.2) is 56.7 Å². The number of alkyl halides is 3. The summed E-state index contributed by atoms with van der Waals surface area (Å²) >= 11 is 0. The largest absolute Gasteiger partial charge is 0.497 e. The Balaban J connectivity index is 0.00000253. The highest BCUT2D eigenvalue weighted by Crippen LogP contribution is 2.32. The van der Waals surface area contributed by atoms with Crippen molar-refractivity contribution in [3.8, 4) is 5.75 Å². The number of aliphatic carboxylic acids is 1. The second-order valence-corrected chi connectivity index (χ2v) is 20.2. The van der Waals surface area contributed by atoms with Gasteiger partial charge in [-0.1, -0.05) is 27.7 Å². The molecule has 466 valence electrons. The Hall–Kier alpha value is -9.50. The van der Waals surface area contributed by atoms with Gasteiger partial charge in [0.15, 0.2) is 5.96 Å². The molecule has 1 saturated heterocycles. The number of amides is 8. The molecule has 0 aliphatic carbocycles. The first-order chi connectivity index (χ1) is 39.6. The van der Waals surface area contributed by atoms with Crippen molar-refractivity contribution in [3.05, 3.63) is 84.2 Å². The number of carboxylic acid groups (broad SMARTS) is 1. The quantitative estimate of drug-likeness (QED) is 0.0111. The Bertz CT molecular complexity index is 3060. The normalized spacial score (nSPS) is 15.1. The smallest absolute Gasteiger partial charge is 0.490 e. The molecule has 0 saturated carbocycles. The summed E-state index contributed by atoms with van der Waals surface area (Å²) in [5.41, 5.74) is 20.3. The average Bonchev–Trinajstić information content (AvgIpc) is 3.97. The van der Waals surface area contributed by atoms with E-state index in [0.29, 0.717) is 29.2 Å². The Labute approximate surface area is 482 Å². The Morgan fingerprint density at radius 2 is 1.45 bits per heavy atom. The number of nitro groups is 2. The zero-order chi connectivity index (χ0) is 64.2. The van der Waals surface area contributed by atoms with Crippen molar-refractivity contribution in [3.63, 3.8) is 0 Å². The van der Waals surface area contributed by atoms with Gasteiger partial charge in [0, 0.05) is 36.7 Å². The van der Waals surface area contributed by atoms with Crippen molar-refractivity contribution >= 4 is 81.5 Å². The number of fused-ring (bicyclic) bond motifs is 1. The second kappa shape index (κ2) is 31.8. The van der Waals surface area contributed by atoms with Crippen LogP contribution < -0.4 is 65.2 Å². The van der Waals surface area contributed by atoms with Crippen molar-refractivity contribution in [1.29, 1.82) is 0 Å². The molecule has 0 bridgehead atoms. The number of hydrogen-bond acceptors (Lipinski definition) is 18. The lowest BCUT2D eigenvalue weighted by atomic mass is 9.95. The summed E-state index contributed by atoms with van der Waals surface area (Å²) in [4.78, 5) is 157. The lowest BCUT2D eigenvalue weighted by Crippen LogP contribution is -2.58. The molecule has 3 aromatic rings. The molecule has 7 atom stereocenters. The number of carbonyl (C=O) groups excluding carboxylic acids is 8. The molecule has 2 heterocycles. The van der Waals surface area contributed by atoms with Gasteiger partial charge in [-0.3, -0.25) is 63.6 Å². The third-order valence-electron chi connectivity index (χ3n) is 12.7. The number of nitrogens with one attached hydrogen (secondary N) is 6. The Kier molecular flexibility index (Phi) is 26.1. The number of carbonyl (C=O) groups is 9. The number of non-ortho nitro benzene ring substituents is 1. The van der Waals surface area contributed by atoms with Crippen LogP contribution in [-0.4, -0.2) is 148 Å². The fourth-order valence-electron chi connectivity index (χ4n) is 8.59. The van der Waals surface area contributed by atoms with Crippen LogP contribution >= 0.6 is 0 Å². The highest BCUT2D eigenvalue weighted by atomic mass is 19.4. The number of rotatable bonds is 28. The van der Waals surface area contributed by atoms with Gasteiger partial charge >= 0.3 is 17.8 Å². The molecule has 1 aliphatic heterocycles. The second-order valence-electron chi connectivity index (χ2n) is 20.2. The zero-order valence-corrected chi connectivity index (χ0v) is 47.0. The minimum atomic E-state index is -5.08. The molecule has 34 heteroatoms. The third kappa shape index (κ3) is 21.6. The van der Waals surface area contributed by atoms with E-state index in [1.165, 1.54) is 31.1 Å². The minimum Gasteiger partial charge on any atom is -0.497 e. The molecular weight excluding hydrogens is 1140 g/mol. The molecule has 0 spiro atoms. The molecule has 4 rings (SSSR count). The SMILES string of the molecule is COc1ccc2c(CC(=O)N3CCC[C@H]3C(=O)N[C@@H](CC(C)C)C(=O)NCC(=O)N[C@@H](CC(C)C)C(=O)NC(c3ccc([N+](=O)[O-])cc3[N+](=O)[O-])[C@H](N)C(=O)N[C@@H](C)C(=O)N[C@@H](CCCN=C(N)N)C(N)=O)cc(=O)oc2c1.O=C(O)C(F)(F)F. The fourth-order valence-corrected chi connectivity index (χ4v) is 8.59. The summed E-state index contributed by atoms with van der Waals surface area (Å²) in [5, 5.41) is 46.5. The van der Waals surface area contributed by atoms with Crippen LogP contribution in [0.5, 0.6) is 5.75 Å². The molecule has 2 aromatic carbocycles. The molecule has 1 aliphatic rings. The molecule has 0 radical (unpaired) electrons. The number of methoxy groups -OCH3 is 1. The number of nitro benzene ring substituents is 2. The maximum Gasteiger partial charge on any atom is 0.490 e. The van der Waals surface area contributed by atoms with Gasteiger partial charge in [-0.15, -0.1) is 0 Å². The number of primary amides is 1. The van der Waals surface area contributed by atoms with Crippen molar-refractivity contribution < 1.29 is 80.4 Å². The number of halogens is 3. The molecule has 1 aromatic heterocycles. The van der Waals surface area contributed by atoms with Crippen molar-refractivity contribution in [2.75, 3.05) is 26.7 Å². The third-order valence-corrected chi connectivity index (χ3v) is 12.7. The first-order valence-corrected chi connectivity index (χ1v) is 26.2. The molecule has 8 amide bonds. The maximum absolute atomic E-state index is 14.2. The number of guanidine groups is 1. The molecule has 31 nitrogen and oxygen atoms in total. The van der Waals surface area contributed by atoms with Crippen LogP contribution in [0.25, 0.3) is 11.0 Å². The highest BCUT2D eigenvalue weighted by Gasteiger charge is 2.40. The average molecular weight is 1210 g/mol. The Morgan fingerprint density at radius 1 is 0.824 bits per heavy atom. The van der Waals surface area contributed by atoms with Gasteiger partial charge in [-0.25, -0.2) is 9.59 Å². The number of likely N-dealkylation sites (tertiary alicyclic amines) is 1. The highest BCUT2D eigenvalue weighted by molar-refractivity contribution is 5.96. The van der Waals surface area contributed by atoms with E-state index >= 15 is 0 Å². The van der Waals surface area contributed by atoms with Gasteiger partial charge in [0.1, 0.15) is 47.6 Å². The van der Waals surface area contributed by atoms with Crippen LogP contribution in [0.3, 0.4) is 0 Å². The van der Waals surface area contributed by atoms with E-state index in [1.807, 2.05) is 0 Å². The predicted octanol–water partition coefficient (Wildman–Crippen LogP) is -0.324. The Morgan fingerprint density at radius 3 is 2.00 bits per heavy atom. The number of aliphatic imine (C=N–C) groups is 1. The van der Waals surface area contributed by atoms with E-state index in [2.05, 4.69) is 36.9 Å². The first-order valence-electron chi connectivity index (χ1n) is 26.2. The minimum absolute atomic E-state index is 0.00829. The van der Waals surface area contributed by atoms with E-state index < -0.39 is 141 Å². The number of carboxylic acids is 1. The first kappa shape index (κ1) is 69.8. The summed E-state index contributed by atoms with van der Waals surface area (Å²) in [5.74, 6) is -9.78. The summed E-state index contributed by atoms with van der Waals surface area (Å²) in [6.07, 6.45) is -4.31. The van der Waals surface area contributed by atoms with Gasteiger partial charge in [-0.2, -0.15) is 13.2 Å². The predicted molar refractivity (Wildman–Crippen MR) is 294 cm³/mol. The standard InChI is InChI=1S/C49H68N14O15.C2HF3O2/c1-24(2)17-33(59-47(71)35-10-8-16-61(35)39(65)19-27-20-40(66)78-37-22-29(77-6)12-14-30(27)37)45(69)55-23-38(64)57-34(18-25(3)4)46(70)60-42(31-13-11-28(62(73)74)21-36(31)63(75)76)41(50)48(72)56-26(5)44(68)58-32(43(51)67)9-7-15-54-49(52)53;3-2(4,5)1(6)7/h11-14,20-22,24-26,32-35,41-42H,7-10,15-19,23,50H2,1-6H3,(H2,51,67)(H,55,69)(H,56,72)(H,57,64)(H,58,68)(H,59,71)(H,60,70)(H4,52,53,54);(H,6,7)/t26-,32-,33-,34-,35-,41-,42?;/m0./s1. The number of hydrogen-bond donors (Lipinski definition) is 11. The van der Waals surface area contributed by atoms with Crippen molar-refractivity contribution in [1.82, 2.24) is 36.8 Å². The van der Waals surface area contributed by atoms with Crippen molar-refractivity contribution in [2.45, 2.75) is 128 Å². The van der Waals surface area contributed by atoms with E-state index in [4.69, 9.17) is 42.0 Å².